The summed E-state index contributed by atoms with van der Waals surface area (Å²) >= 11 is 0. The number of aliphatic hydroxyl groups excluding tert-OH is 1. The van der Waals surface area contributed by atoms with E-state index in [0.29, 0.717) is 37.2 Å². The van der Waals surface area contributed by atoms with Gasteiger partial charge in [-0.2, -0.15) is 0 Å². The molecule has 1 unspecified atom stereocenters. The van der Waals surface area contributed by atoms with E-state index in [0.717, 1.165) is 11.3 Å². The second kappa shape index (κ2) is 7.81. The molecule has 0 spiro atoms. The van der Waals surface area contributed by atoms with Crippen LogP contribution < -0.4 is 4.74 Å². The van der Waals surface area contributed by atoms with Crippen molar-refractivity contribution in [3.63, 3.8) is 0 Å². The van der Waals surface area contributed by atoms with Gasteiger partial charge in [0.25, 0.3) is 0 Å². The van der Waals surface area contributed by atoms with Crippen molar-refractivity contribution in [1.82, 2.24) is 0 Å². The summed E-state index contributed by atoms with van der Waals surface area (Å²) in [5.74, 6) is 0.694. The standard InChI is InChI=1S/C18H23NO4/c1-4-15(19-23-5-2)18-16(20)10-13(11-17(18)21)12-7-6-8-14(9-12)22-3/h6-9,13,20H,4-5,10-11H2,1-3H3/b19-15+. The zero-order valence-corrected chi connectivity index (χ0v) is 13.8. The summed E-state index contributed by atoms with van der Waals surface area (Å²) in [7, 11) is 1.61. The minimum atomic E-state index is -0.0955. The van der Waals surface area contributed by atoms with Crippen LogP contribution >= 0.6 is 0 Å². The van der Waals surface area contributed by atoms with Gasteiger partial charge in [-0.1, -0.05) is 24.2 Å². The molecule has 5 heteroatoms. The van der Waals surface area contributed by atoms with Crippen LogP contribution in [0.15, 0.2) is 40.8 Å². The van der Waals surface area contributed by atoms with Crippen molar-refractivity contribution in [1.29, 1.82) is 0 Å². The Morgan fingerprint density at radius 2 is 2.13 bits per heavy atom. The number of methoxy groups -OCH3 is 1. The van der Waals surface area contributed by atoms with Crippen LogP contribution in [0.3, 0.4) is 0 Å². The van der Waals surface area contributed by atoms with Gasteiger partial charge in [0.15, 0.2) is 5.78 Å². The second-order valence-corrected chi connectivity index (χ2v) is 5.44. The molecule has 0 bridgehead atoms. The number of carbonyl (C=O) groups excluding carboxylic acids is 1. The Kier molecular flexibility index (Phi) is 5.79. The van der Waals surface area contributed by atoms with Crippen LogP contribution in [0.1, 0.15) is 44.6 Å². The number of ether oxygens (including phenoxy) is 1. The fourth-order valence-electron chi connectivity index (χ4n) is 2.78. The van der Waals surface area contributed by atoms with Gasteiger partial charge in [-0.25, -0.2) is 0 Å². The highest BCUT2D eigenvalue weighted by Gasteiger charge is 2.31. The lowest BCUT2D eigenvalue weighted by molar-refractivity contribution is -0.116. The first kappa shape index (κ1) is 17.1. The number of carbonyl (C=O) groups is 1. The highest BCUT2D eigenvalue weighted by atomic mass is 16.6. The average molecular weight is 317 g/mol. The Hall–Kier alpha value is -2.30. The van der Waals surface area contributed by atoms with E-state index in [1.807, 2.05) is 38.1 Å². The summed E-state index contributed by atoms with van der Waals surface area (Å²) < 4.78 is 5.23. The summed E-state index contributed by atoms with van der Waals surface area (Å²) in [4.78, 5) is 17.6. The van der Waals surface area contributed by atoms with Crippen molar-refractivity contribution < 1.29 is 19.5 Å². The predicted molar refractivity (Wildman–Crippen MR) is 89.0 cm³/mol. The third-order valence-electron chi connectivity index (χ3n) is 3.93. The first-order valence-electron chi connectivity index (χ1n) is 7.89. The van der Waals surface area contributed by atoms with E-state index in [2.05, 4.69) is 5.16 Å². The number of nitrogens with zero attached hydrogens (tertiary/aromatic N) is 1. The molecule has 124 valence electrons. The van der Waals surface area contributed by atoms with Crippen molar-refractivity contribution in [3.8, 4) is 5.75 Å². The molecule has 1 aliphatic rings. The Balaban J connectivity index is 2.28. The zero-order valence-electron chi connectivity index (χ0n) is 13.8. The normalized spacial score (nSPS) is 19.0. The van der Waals surface area contributed by atoms with Crippen LogP contribution in [0.2, 0.25) is 0 Å². The molecule has 0 heterocycles. The minimum absolute atomic E-state index is 0.0495. The molecule has 2 rings (SSSR count). The first-order valence-corrected chi connectivity index (χ1v) is 7.89. The van der Waals surface area contributed by atoms with E-state index in [1.165, 1.54) is 0 Å². The summed E-state index contributed by atoms with van der Waals surface area (Å²) in [5, 5.41) is 14.4. The van der Waals surface area contributed by atoms with Gasteiger partial charge in [-0.15, -0.1) is 0 Å². The van der Waals surface area contributed by atoms with E-state index < -0.39 is 0 Å². The molecule has 5 nitrogen and oxygen atoms in total. The summed E-state index contributed by atoms with van der Waals surface area (Å²) in [6, 6.07) is 7.61. The molecule has 0 saturated heterocycles. The van der Waals surface area contributed by atoms with Crippen LogP contribution in [0.4, 0.5) is 0 Å². The molecule has 0 radical (unpaired) electrons. The van der Waals surface area contributed by atoms with Crippen LogP contribution in [0, 0.1) is 0 Å². The van der Waals surface area contributed by atoms with Crippen molar-refractivity contribution in [3.05, 3.63) is 41.2 Å². The first-order chi connectivity index (χ1) is 11.1. The fourth-order valence-corrected chi connectivity index (χ4v) is 2.78. The van der Waals surface area contributed by atoms with Gasteiger partial charge in [-0.3, -0.25) is 4.79 Å². The topological polar surface area (TPSA) is 68.1 Å². The van der Waals surface area contributed by atoms with E-state index in [1.54, 1.807) is 7.11 Å². The number of rotatable bonds is 6. The van der Waals surface area contributed by atoms with Gasteiger partial charge in [0.05, 0.1) is 18.4 Å². The SMILES string of the molecule is CCO/N=C(\CC)C1=C(O)CC(c2cccc(OC)c2)CC1=O. The van der Waals surface area contributed by atoms with Gasteiger partial charge in [0.2, 0.25) is 0 Å². The number of hydrogen-bond acceptors (Lipinski definition) is 5. The number of oxime groups is 1. The molecule has 0 amide bonds. The molecule has 0 aromatic heterocycles. The number of Topliss-reactive ketones (excluding diaryl/α,β-unsaturated/α-hetero) is 1. The molecule has 0 fully saturated rings. The number of aliphatic hydroxyl groups is 1. The van der Waals surface area contributed by atoms with E-state index in [9.17, 15) is 9.90 Å². The number of ketones is 1. The molecule has 1 aromatic carbocycles. The van der Waals surface area contributed by atoms with Gasteiger partial charge in [0, 0.05) is 12.8 Å². The number of benzene rings is 1. The van der Waals surface area contributed by atoms with Crippen molar-refractivity contribution in [2.24, 2.45) is 5.16 Å². The van der Waals surface area contributed by atoms with Crippen LogP contribution in [0.5, 0.6) is 5.75 Å². The van der Waals surface area contributed by atoms with Crippen LogP contribution in [-0.4, -0.2) is 30.3 Å². The third-order valence-corrected chi connectivity index (χ3v) is 3.93. The zero-order chi connectivity index (χ0) is 16.8. The second-order valence-electron chi connectivity index (χ2n) is 5.44. The van der Waals surface area contributed by atoms with Crippen molar-refractivity contribution >= 4 is 11.5 Å². The maximum absolute atomic E-state index is 12.5. The Bertz CT molecular complexity index is 634. The van der Waals surface area contributed by atoms with E-state index >= 15 is 0 Å². The van der Waals surface area contributed by atoms with Crippen LogP contribution in [0.25, 0.3) is 0 Å². The molecule has 1 aromatic rings. The quantitative estimate of drug-likeness (QED) is 0.641. The van der Waals surface area contributed by atoms with E-state index in [4.69, 9.17) is 9.57 Å². The maximum atomic E-state index is 12.5. The molecular weight excluding hydrogens is 294 g/mol. The van der Waals surface area contributed by atoms with Crippen molar-refractivity contribution in [2.75, 3.05) is 13.7 Å². The molecular formula is C18H23NO4. The monoisotopic (exact) mass is 317 g/mol. The minimum Gasteiger partial charge on any atom is -0.511 e. The molecule has 0 saturated carbocycles. The summed E-state index contributed by atoms with van der Waals surface area (Å²) in [6.07, 6.45) is 1.30. The van der Waals surface area contributed by atoms with E-state index in [-0.39, 0.29) is 17.5 Å². The Morgan fingerprint density at radius 1 is 1.35 bits per heavy atom. The lowest BCUT2D eigenvalue weighted by atomic mass is 9.81. The van der Waals surface area contributed by atoms with Gasteiger partial charge < -0.3 is 14.7 Å². The number of allylic oxidation sites excluding steroid dienone is 2. The summed E-state index contributed by atoms with van der Waals surface area (Å²) in [6.45, 7) is 4.14. The number of hydrogen-bond donors (Lipinski definition) is 1. The lowest BCUT2D eigenvalue weighted by Gasteiger charge is -2.24. The molecule has 1 atom stereocenters. The van der Waals surface area contributed by atoms with Gasteiger partial charge in [-0.05, 0) is 37.0 Å². The molecule has 1 N–H and O–H groups in total. The largest absolute Gasteiger partial charge is 0.511 e. The fraction of sp³-hybridized carbons (Fsp3) is 0.444. The van der Waals surface area contributed by atoms with Gasteiger partial charge in [0.1, 0.15) is 18.1 Å². The van der Waals surface area contributed by atoms with Gasteiger partial charge >= 0.3 is 0 Å². The third kappa shape index (κ3) is 3.92. The molecule has 1 aliphatic carbocycles. The predicted octanol–water partition coefficient (Wildman–Crippen LogP) is 3.76. The van der Waals surface area contributed by atoms with Crippen LogP contribution in [-0.2, 0) is 9.63 Å². The maximum Gasteiger partial charge on any atom is 0.168 e. The summed E-state index contributed by atoms with van der Waals surface area (Å²) in [5.41, 5.74) is 1.82. The molecule has 0 aliphatic heterocycles. The highest BCUT2D eigenvalue weighted by molar-refractivity contribution is 6.23. The Labute approximate surface area is 136 Å². The Morgan fingerprint density at radius 3 is 2.74 bits per heavy atom. The average Bonchev–Trinajstić information content (AvgIpc) is 2.57. The molecule has 23 heavy (non-hydrogen) atoms. The highest BCUT2D eigenvalue weighted by Crippen LogP contribution is 2.35. The van der Waals surface area contributed by atoms with Crippen molar-refractivity contribution in [2.45, 2.75) is 39.0 Å². The smallest absolute Gasteiger partial charge is 0.168 e. The lowest BCUT2D eigenvalue weighted by Crippen LogP contribution is -2.23.